The number of carbonyl (C=O) groups excluding carboxylic acids is 1. The van der Waals surface area contributed by atoms with Gasteiger partial charge in [-0.1, -0.05) is 32.9 Å². The van der Waals surface area contributed by atoms with Gasteiger partial charge in [-0.3, -0.25) is 4.79 Å². The van der Waals surface area contributed by atoms with Crippen LogP contribution in [0.15, 0.2) is 53.4 Å². The van der Waals surface area contributed by atoms with Gasteiger partial charge in [0, 0.05) is 24.7 Å². The molecule has 6 nitrogen and oxygen atoms in total. The van der Waals surface area contributed by atoms with E-state index in [1.807, 2.05) is 31.2 Å². The van der Waals surface area contributed by atoms with Crippen LogP contribution >= 0.6 is 0 Å². The summed E-state index contributed by atoms with van der Waals surface area (Å²) in [6, 6.07) is 14.0. The summed E-state index contributed by atoms with van der Waals surface area (Å²) in [5, 5.41) is 0. The number of carbonyl (C=O) groups is 1. The molecule has 1 amide bonds. The van der Waals surface area contributed by atoms with Gasteiger partial charge in [0.2, 0.25) is 10.0 Å². The Labute approximate surface area is 185 Å². The highest BCUT2D eigenvalue weighted by Gasteiger charge is 2.27. The SMILES string of the molecule is CCOc1ccc(S(=O)(=O)NC2CCN(C(=O)c3ccc(C(C)(C)C)cc3)CC2)cc1. The molecule has 0 unspecified atom stereocenters. The van der Waals surface area contributed by atoms with Crippen molar-refractivity contribution in [1.29, 1.82) is 0 Å². The maximum atomic E-state index is 12.8. The zero-order chi connectivity index (χ0) is 22.6. The van der Waals surface area contributed by atoms with E-state index < -0.39 is 10.0 Å². The second-order valence-corrected chi connectivity index (χ2v) is 10.6. The first-order chi connectivity index (χ1) is 14.6. The van der Waals surface area contributed by atoms with Crippen LogP contribution in [0.4, 0.5) is 0 Å². The molecule has 7 heteroatoms. The number of nitrogens with one attached hydrogen (secondary N) is 1. The summed E-state index contributed by atoms with van der Waals surface area (Å²) >= 11 is 0. The molecule has 1 fully saturated rings. The lowest BCUT2D eigenvalue weighted by Crippen LogP contribution is -2.46. The van der Waals surface area contributed by atoms with Gasteiger partial charge in [0.15, 0.2) is 0 Å². The van der Waals surface area contributed by atoms with Gasteiger partial charge < -0.3 is 9.64 Å². The molecule has 0 aliphatic carbocycles. The second kappa shape index (κ2) is 9.40. The van der Waals surface area contributed by atoms with E-state index in [0.717, 1.165) is 0 Å². The summed E-state index contributed by atoms with van der Waals surface area (Å²) in [5.41, 5.74) is 1.90. The zero-order valence-electron chi connectivity index (χ0n) is 18.7. The van der Waals surface area contributed by atoms with E-state index >= 15 is 0 Å². The van der Waals surface area contributed by atoms with E-state index in [-0.39, 0.29) is 22.3 Å². The summed E-state index contributed by atoms with van der Waals surface area (Å²) in [7, 11) is -3.61. The first-order valence-corrected chi connectivity index (χ1v) is 12.2. The highest BCUT2D eigenvalue weighted by molar-refractivity contribution is 7.89. The summed E-state index contributed by atoms with van der Waals surface area (Å²) < 4.78 is 33.5. The molecule has 0 saturated carbocycles. The van der Waals surface area contributed by atoms with Crippen LogP contribution in [-0.4, -0.2) is 45.0 Å². The number of hydrogen-bond acceptors (Lipinski definition) is 4. The van der Waals surface area contributed by atoms with Gasteiger partial charge >= 0.3 is 0 Å². The number of rotatable bonds is 6. The van der Waals surface area contributed by atoms with Crippen molar-refractivity contribution in [2.24, 2.45) is 0 Å². The summed E-state index contributed by atoms with van der Waals surface area (Å²) in [6.45, 7) is 9.88. The fourth-order valence-corrected chi connectivity index (χ4v) is 4.97. The Morgan fingerprint density at radius 1 is 1.03 bits per heavy atom. The Hall–Kier alpha value is -2.38. The quantitative estimate of drug-likeness (QED) is 0.732. The molecule has 0 radical (unpaired) electrons. The van der Waals surface area contributed by atoms with Crippen molar-refractivity contribution in [3.8, 4) is 5.75 Å². The molecule has 0 atom stereocenters. The molecule has 1 aliphatic rings. The van der Waals surface area contributed by atoms with Gasteiger partial charge in [0.25, 0.3) is 5.91 Å². The topological polar surface area (TPSA) is 75.7 Å². The van der Waals surface area contributed by atoms with Crippen molar-refractivity contribution >= 4 is 15.9 Å². The third kappa shape index (κ3) is 5.86. The van der Waals surface area contributed by atoms with Gasteiger partial charge in [0.1, 0.15) is 5.75 Å². The number of piperidine rings is 1. The predicted molar refractivity (Wildman–Crippen MR) is 122 cm³/mol. The first kappa shape index (κ1) is 23.3. The zero-order valence-corrected chi connectivity index (χ0v) is 19.5. The van der Waals surface area contributed by atoms with Gasteiger partial charge in [-0.15, -0.1) is 0 Å². The lowest BCUT2D eigenvalue weighted by molar-refractivity contribution is 0.0711. The predicted octanol–water partition coefficient (Wildman–Crippen LogP) is 3.97. The lowest BCUT2D eigenvalue weighted by atomic mass is 9.86. The van der Waals surface area contributed by atoms with Crippen molar-refractivity contribution in [2.45, 2.75) is 56.9 Å². The molecule has 2 aromatic carbocycles. The number of ether oxygens (including phenoxy) is 1. The van der Waals surface area contributed by atoms with Crippen molar-refractivity contribution in [1.82, 2.24) is 9.62 Å². The van der Waals surface area contributed by atoms with Gasteiger partial charge in [-0.2, -0.15) is 0 Å². The van der Waals surface area contributed by atoms with Crippen LogP contribution in [0.1, 0.15) is 56.5 Å². The smallest absolute Gasteiger partial charge is 0.253 e. The average molecular weight is 445 g/mol. The molecule has 168 valence electrons. The number of benzene rings is 2. The number of likely N-dealkylation sites (tertiary alicyclic amines) is 1. The van der Waals surface area contributed by atoms with Crippen molar-refractivity contribution < 1.29 is 17.9 Å². The molecular formula is C24H32N2O4S. The van der Waals surface area contributed by atoms with Crippen LogP contribution < -0.4 is 9.46 Å². The molecule has 1 saturated heterocycles. The molecule has 0 aromatic heterocycles. The van der Waals surface area contributed by atoms with Crippen molar-refractivity contribution in [3.05, 3.63) is 59.7 Å². The van der Waals surface area contributed by atoms with Gasteiger partial charge in [0.05, 0.1) is 11.5 Å². The fourth-order valence-electron chi connectivity index (χ4n) is 3.66. The third-order valence-electron chi connectivity index (χ3n) is 5.55. The minimum atomic E-state index is -3.61. The molecular weight excluding hydrogens is 412 g/mol. The highest BCUT2D eigenvalue weighted by atomic mass is 32.2. The maximum Gasteiger partial charge on any atom is 0.253 e. The summed E-state index contributed by atoms with van der Waals surface area (Å²) in [4.78, 5) is 14.9. The molecule has 1 aliphatic heterocycles. The largest absolute Gasteiger partial charge is 0.494 e. The number of sulfonamides is 1. The first-order valence-electron chi connectivity index (χ1n) is 10.7. The number of hydrogen-bond donors (Lipinski definition) is 1. The maximum absolute atomic E-state index is 12.8. The minimum Gasteiger partial charge on any atom is -0.494 e. The van der Waals surface area contributed by atoms with Gasteiger partial charge in [-0.25, -0.2) is 13.1 Å². The fraction of sp³-hybridized carbons (Fsp3) is 0.458. The van der Waals surface area contributed by atoms with Crippen LogP contribution in [0.2, 0.25) is 0 Å². The minimum absolute atomic E-state index is 0.00622. The number of amides is 1. The average Bonchev–Trinajstić information content (AvgIpc) is 2.74. The van der Waals surface area contributed by atoms with Crippen LogP contribution in [-0.2, 0) is 15.4 Å². The van der Waals surface area contributed by atoms with E-state index in [4.69, 9.17) is 4.74 Å². The van der Waals surface area contributed by atoms with Crippen LogP contribution in [0.5, 0.6) is 5.75 Å². The number of nitrogens with zero attached hydrogens (tertiary/aromatic N) is 1. The van der Waals surface area contributed by atoms with E-state index in [1.165, 1.54) is 5.56 Å². The Morgan fingerprint density at radius 2 is 1.61 bits per heavy atom. The third-order valence-corrected chi connectivity index (χ3v) is 7.08. The summed E-state index contributed by atoms with van der Waals surface area (Å²) in [6.07, 6.45) is 1.17. The van der Waals surface area contributed by atoms with Crippen LogP contribution in [0.3, 0.4) is 0 Å². The standard InChI is InChI=1S/C24H32N2O4S/c1-5-30-21-10-12-22(13-11-21)31(28,29)25-20-14-16-26(17-15-20)23(27)18-6-8-19(9-7-18)24(2,3)4/h6-13,20,25H,5,14-17H2,1-4H3. The molecule has 3 rings (SSSR count). The Morgan fingerprint density at radius 3 is 2.13 bits per heavy atom. The molecule has 1 N–H and O–H groups in total. The molecule has 31 heavy (non-hydrogen) atoms. The van der Waals surface area contributed by atoms with E-state index in [0.29, 0.717) is 43.9 Å². The normalized spacial score (nSPS) is 15.7. The molecule has 1 heterocycles. The van der Waals surface area contributed by atoms with E-state index in [9.17, 15) is 13.2 Å². The van der Waals surface area contributed by atoms with E-state index in [1.54, 1.807) is 29.2 Å². The lowest BCUT2D eigenvalue weighted by Gasteiger charge is -2.32. The van der Waals surface area contributed by atoms with Crippen molar-refractivity contribution in [2.75, 3.05) is 19.7 Å². The van der Waals surface area contributed by atoms with Crippen LogP contribution in [0, 0.1) is 0 Å². The molecule has 0 bridgehead atoms. The van der Waals surface area contributed by atoms with Crippen LogP contribution in [0.25, 0.3) is 0 Å². The Kier molecular flexibility index (Phi) is 7.06. The van der Waals surface area contributed by atoms with Gasteiger partial charge in [-0.05, 0) is 67.1 Å². The van der Waals surface area contributed by atoms with E-state index in [2.05, 4.69) is 25.5 Å². The second-order valence-electron chi connectivity index (χ2n) is 8.92. The molecule has 2 aromatic rings. The Balaban J connectivity index is 1.57. The summed E-state index contributed by atoms with van der Waals surface area (Å²) in [5.74, 6) is 0.636. The molecule has 0 spiro atoms. The monoisotopic (exact) mass is 444 g/mol. The Bertz CT molecular complexity index is 985. The highest BCUT2D eigenvalue weighted by Crippen LogP contribution is 2.23. The van der Waals surface area contributed by atoms with Crippen molar-refractivity contribution in [3.63, 3.8) is 0 Å².